The van der Waals surface area contributed by atoms with Gasteiger partial charge in [-0.3, -0.25) is 4.18 Å². The van der Waals surface area contributed by atoms with Crippen LogP contribution in [0.15, 0.2) is 0 Å². The van der Waals surface area contributed by atoms with Crippen molar-refractivity contribution in [3.63, 3.8) is 0 Å². The third-order valence-corrected chi connectivity index (χ3v) is 2.35. The minimum atomic E-state index is -3.54. The Morgan fingerprint density at radius 1 is 1.32 bits per heavy atom. The number of alkyl carbamates (subject to hydrolysis) is 1. The maximum absolute atomic E-state index is 11.6. The Morgan fingerprint density at radius 2 is 1.84 bits per heavy atom. The summed E-state index contributed by atoms with van der Waals surface area (Å²) in [7, 11) is 0.0829. The minimum absolute atomic E-state index is 0.129. The summed E-state index contributed by atoms with van der Waals surface area (Å²) in [6, 6.07) is -0.473. The molecule has 0 saturated carbocycles. The standard InChI is InChI=1S/C11H24N2O5S/c1-11(2,3)18-10(14)12-9(7-13(4)5)8-17-19(6,15)16/h9H,7-8H2,1-6H3,(H,12,14)/t9-/m1/s1. The Balaban J connectivity index is 4.47. The maximum atomic E-state index is 11.6. The lowest BCUT2D eigenvalue weighted by Crippen LogP contribution is -2.46. The molecule has 0 rings (SSSR count). The number of carbonyl (C=O) groups excluding carboxylic acids is 1. The van der Waals surface area contributed by atoms with E-state index in [4.69, 9.17) is 8.92 Å². The summed E-state index contributed by atoms with van der Waals surface area (Å²) < 4.78 is 31.7. The second kappa shape index (κ2) is 7.06. The van der Waals surface area contributed by atoms with Crippen molar-refractivity contribution in [2.75, 3.05) is 33.5 Å². The van der Waals surface area contributed by atoms with Crippen LogP contribution in [-0.4, -0.2) is 64.6 Å². The number of hydrogen-bond donors (Lipinski definition) is 1. The van der Waals surface area contributed by atoms with Crippen LogP contribution in [0.5, 0.6) is 0 Å². The molecule has 1 amide bonds. The van der Waals surface area contributed by atoms with E-state index < -0.39 is 27.9 Å². The van der Waals surface area contributed by atoms with Gasteiger partial charge in [0.1, 0.15) is 5.60 Å². The van der Waals surface area contributed by atoms with E-state index in [1.54, 1.807) is 20.8 Å². The summed E-state index contributed by atoms with van der Waals surface area (Å²) in [5, 5.41) is 2.59. The van der Waals surface area contributed by atoms with Gasteiger partial charge in [-0.15, -0.1) is 0 Å². The van der Waals surface area contributed by atoms with Crippen LogP contribution >= 0.6 is 0 Å². The van der Waals surface area contributed by atoms with Gasteiger partial charge >= 0.3 is 6.09 Å². The van der Waals surface area contributed by atoms with Gasteiger partial charge in [-0.05, 0) is 34.9 Å². The zero-order valence-corrected chi connectivity index (χ0v) is 13.2. The van der Waals surface area contributed by atoms with Gasteiger partial charge in [0.15, 0.2) is 0 Å². The van der Waals surface area contributed by atoms with E-state index in [-0.39, 0.29) is 6.61 Å². The number of nitrogens with zero attached hydrogens (tertiary/aromatic N) is 1. The monoisotopic (exact) mass is 296 g/mol. The van der Waals surface area contributed by atoms with E-state index >= 15 is 0 Å². The van der Waals surface area contributed by atoms with E-state index in [1.165, 1.54) is 0 Å². The van der Waals surface area contributed by atoms with E-state index in [2.05, 4.69) is 5.32 Å². The largest absolute Gasteiger partial charge is 0.444 e. The summed E-state index contributed by atoms with van der Waals surface area (Å²) in [6.07, 6.45) is 0.365. The van der Waals surface area contributed by atoms with Gasteiger partial charge in [-0.1, -0.05) is 0 Å². The SMILES string of the molecule is CN(C)C[C@H](COS(C)(=O)=O)NC(=O)OC(C)(C)C. The number of rotatable bonds is 6. The molecular formula is C11H24N2O5S. The molecule has 0 saturated heterocycles. The van der Waals surface area contributed by atoms with Crippen LogP contribution < -0.4 is 5.32 Å². The lowest BCUT2D eigenvalue weighted by atomic mass is 10.2. The number of likely N-dealkylation sites (N-methyl/N-ethyl adjacent to an activating group) is 1. The lowest BCUT2D eigenvalue weighted by Gasteiger charge is -2.25. The van der Waals surface area contributed by atoms with Gasteiger partial charge in [0.05, 0.1) is 18.9 Å². The molecule has 8 heteroatoms. The van der Waals surface area contributed by atoms with Crippen molar-refractivity contribution in [1.82, 2.24) is 10.2 Å². The molecule has 1 N–H and O–H groups in total. The molecule has 0 bridgehead atoms. The number of hydrogen-bond acceptors (Lipinski definition) is 6. The maximum Gasteiger partial charge on any atom is 0.407 e. The fourth-order valence-electron chi connectivity index (χ4n) is 1.26. The molecule has 114 valence electrons. The quantitative estimate of drug-likeness (QED) is 0.715. The fourth-order valence-corrected chi connectivity index (χ4v) is 1.67. The molecule has 0 aromatic carbocycles. The van der Waals surface area contributed by atoms with Gasteiger partial charge < -0.3 is 15.0 Å². The van der Waals surface area contributed by atoms with Crippen molar-refractivity contribution in [3.8, 4) is 0 Å². The van der Waals surface area contributed by atoms with Gasteiger partial charge in [0.25, 0.3) is 10.1 Å². The first-order valence-electron chi connectivity index (χ1n) is 5.88. The molecule has 0 aromatic heterocycles. The molecule has 0 radical (unpaired) electrons. The summed E-state index contributed by atoms with van der Waals surface area (Å²) in [6.45, 7) is 5.56. The molecule has 1 atom stereocenters. The molecular weight excluding hydrogens is 272 g/mol. The summed E-state index contributed by atoms with van der Waals surface area (Å²) in [5.74, 6) is 0. The Morgan fingerprint density at radius 3 is 2.21 bits per heavy atom. The third kappa shape index (κ3) is 11.9. The Bertz CT molecular complexity index is 386. The van der Waals surface area contributed by atoms with Crippen molar-refractivity contribution < 1.29 is 22.1 Å². The Labute approximate surface area is 115 Å². The predicted octanol–water partition coefficient (Wildman–Crippen LogP) is 0.417. The third-order valence-electron chi connectivity index (χ3n) is 1.79. The fraction of sp³-hybridized carbons (Fsp3) is 0.909. The first-order chi connectivity index (χ1) is 8.39. The lowest BCUT2D eigenvalue weighted by molar-refractivity contribution is 0.0478. The van der Waals surface area contributed by atoms with Crippen molar-refractivity contribution in [3.05, 3.63) is 0 Å². The molecule has 0 aliphatic carbocycles. The smallest absolute Gasteiger partial charge is 0.407 e. The summed E-state index contributed by atoms with van der Waals surface area (Å²) >= 11 is 0. The number of carbonyl (C=O) groups is 1. The van der Waals surface area contributed by atoms with Crippen LogP contribution in [0.25, 0.3) is 0 Å². The molecule has 0 aliphatic rings. The average Bonchev–Trinajstić information content (AvgIpc) is 2.08. The number of amides is 1. The zero-order valence-electron chi connectivity index (χ0n) is 12.4. The molecule has 19 heavy (non-hydrogen) atoms. The Kier molecular flexibility index (Phi) is 6.74. The number of nitrogens with one attached hydrogen (secondary N) is 1. The highest BCUT2D eigenvalue weighted by Gasteiger charge is 2.21. The van der Waals surface area contributed by atoms with E-state index in [0.717, 1.165) is 6.26 Å². The van der Waals surface area contributed by atoms with Crippen LogP contribution in [0.4, 0.5) is 4.79 Å². The average molecular weight is 296 g/mol. The molecule has 0 heterocycles. The minimum Gasteiger partial charge on any atom is -0.444 e. The van der Waals surface area contributed by atoms with Crippen LogP contribution in [0.2, 0.25) is 0 Å². The van der Waals surface area contributed by atoms with Crippen LogP contribution in [0, 0.1) is 0 Å². The van der Waals surface area contributed by atoms with Crippen LogP contribution in [0.1, 0.15) is 20.8 Å². The first kappa shape index (κ1) is 18.1. The van der Waals surface area contributed by atoms with Gasteiger partial charge in [0.2, 0.25) is 0 Å². The highest BCUT2D eigenvalue weighted by Crippen LogP contribution is 2.07. The zero-order chi connectivity index (χ0) is 15.3. The highest BCUT2D eigenvalue weighted by molar-refractivity contribution is 7.85. The van der Waals surface area contributed by atoms with E-state index in [0.29, 0.717) is 6.54 Å². The Hall–Kier alpha value is -0.860. The summed E-state index contributed by atoms with van der Waals surface area (Å²) in [4.78, 5) is 13.4. The van der Waals surface area contributed by atoms with Crippen LogP contribution in [-0.2, 0) is 19.0 Å². The predicted molar refractivity (Wildman–Crippen MR) is 72.5 cm³/mol. The molecule has 0 spiro atoms. The number of ether oxygens (including phenoxy) is 1. The molecule has 0 unspecified atom stereocenters. The normalized spacial score (nSPS) is 14.3. The highest BCUT2D eigenvalue weighted by atomic mass is 32.2. The van der Waals surface area contributed by atoms with Gasteiger partial charge in [-0.2, -0.15) is 8.42 Å². The topological polar surface area (TPSA) is 84.9 Å². The van der Waals surface area contributed by atoms with E-state index in [1.807, 2.05) is 19.0 Å². The molecule has 0 fully saturated rings. The van der Waals surface area contributed by atoms with Gasteiger partial charge in [0, 0.05) is 6.54 Å². The second-order valence-corrected chi connectivity index (χ2v) is 7.24. The first-order valence-corrected chi connectivity index (χ1v) is 7.69. The second-order valence-electron chi connectivity index (χ2n) is 5.59. The van der Waals surface area contributed by atoms with Crippen LogP contribution in [0.3, 0.4) is 0 Å². The van der Waals surface area contributed by atoms with Crippen molar-refractivity contribution in [2.24, 2.45) is 0 Å². The van der Waals surface area contributed by atoms with Crippen molar-refractivity contribution in [2.45, 2.75) is 32.4 Å². The van der Waals surface area contributed by atoms with Gasteiger partial charge in [-0.25, -0.2) is 4.79 Å². The molecule has 0 aliphatic heterocycles. The molecule has 0 aromatic rings. The van der Waals surface area contributed by atoms with E-state index in [9.17, 15) is 13.2 Å². The van der Waals surface area contributed by atoms with Crippen molar-refractivity contribution in [1.29, 1.82) is 0 Å². The van der Waals surface area contributed by atoms with Crippen molar-refractivity contribution >= 4 is 16.2 Å². The summed E-state index contributed by atoms with van der Waals surface area (Å²) in [5.41, 5.74) is -0.607. The molecule has 7 nitrogen and oxygen atoms in total.